The van der Waals surface area contributed by atoms with Crippen LogP contribution in [0.3, 0.4) is 0 Å². The van der Waals surface area contributed by atoms with Gasteiger partial charge in [0.05, 0.1) is 12.5 Å². The fourth-order valence-electron chi connectivity index (χ4n) is 3.43. The summed E-state index contributed by atoms with van der Waals surface area (Å²) in [5.41, 5.74) is 1.59. The van der Waals surface area contributed by atoms with Gasteiger partial charge in [-0.1, -0.05) is 48.5 Å². The SMILES string of the molecule is O=C(C1CCCN(C(=O)C(F)(F)F)C1)N(Cc1ccccc1)c1ccccc1. The maximum absolute atomic E-state index is 13.2. The zero-order valence-electron chi connectivity index (χ0n) is 15.2. The van der Waals surface area contributed by atoms with Crippen LogP contribution in [0.1, 0.15) is 18.4 Å². The number of benzene rings is 2. The van der Waals surface area contributed by atoms with Crippen molar-refractivity contribution in [3.63, 3.8) is 0 Å². The van der Waals surface area contributed by atoms with Gasteiger partial charge in [0.1, 0.15) is 0 Å². The molecular formula is C21H21F3N2O2. The summed E-state index contributed by atoms with van der Waals surface area (Å²) in [6.45, 7) is 0.120. The van der Waals surface area contributed by atoms with E-state index in [9.17, 15) is 22.8 Å². The molecule has 0 bridgehead atoms. The number of rotatable bonds is 4. The summed E-state index contributed by atoms with van der Waals surface area (Å²) in [5, 5.41) is 0. The number of carbonyl (C=O) groups is 2. The van der Waals surface area contributed by atoms with Crippen LogP contribution >= 0.6 is 0 Å². The molecule has 2 amide bonds. The average molecular weight is 390 g/mol. The Hall–Kier alpha value is -2.83. The Bertz CT molecular complexity index is 809. The van der Waals surface area contributed by atoms with E-state index in [4.69, 9.17) is 0 Å². The third-order valence-corrected chi connectivity index (χ3v) is 4.82. The third-order valence-electron chi connectivity index (χ3n) is 4.82. The molecule has 0 saturated carbocycles. The number of piperidine rings is 1. The molecule has 0 spiro atoms. The molecule has 2 aromatic carbocycles. The standard InChI is InChI=1S/C21H21F3N2O2/c22-21(23,24)20(28)25-13-7-10-17(15-25)19(27)26(18-11-5-2-6-12-18)14-16-8-3-1-4-9-16/h1-6,8-9,11-12,17H,7,10,13-15H2. The van der Waals surface area contributed by atoms with E-state index in [0.29, 0.717) is 25.1 Å². The average Bonchev–Trinajstić information content (AvgIpc) is 2.72. The summed E-state index contributed by atoms with van der Waals surface area (Å²) in [6, 6.07) is 18.4. The van der Waals surface area contributed by atoms with E-state index in [-0.39, 0.29) is 19.0 Å². The van der Waals surface area contributed by atoms with Crippen molar-refractivity contribution >= 4 is 17.5 Å². The van der Waals surface area contributed by atoms with E-state index in [2.05, 4.69) is 0 Å². The van der Waals surface area contributed by atoms with Crippen molar-refractivity contribution in [2.45, 2.75) is 25.6 Å². The van der Waals surface area contributed by atoms with Crippen LogP contribution in [0.25, 0.3) is 0 Å². The Morgan fingerprint density at radius 1 is 1.00 bits per heavy atom. The molecule has 7 heteroatoms. The van der Waals surface area contributed by atoms with E-state index in [1.807, 2.05) is 36.4 Å². The molecule has 148 valence electrons. The maximum Gasteiger partial charge on any atom is 0.471 e. The lowest BCUT2D eigenvalue weighted by atomic mass is 9.95. The number of hydrogen-bond donors (Lipinski definition) is 0. The quantitative estimate of drug-likeness (QED) is 0.791. The second-order valence-electron chi connectivity index (χ2n) is 6.83. The molecule has 1 heterocycles. The van der Waals surface area contributed by atoms with Gasteiger partial charge in [-0.25, -0.2) is 0 Å². The fraction of sp³-hybridized carbons (Fsp3) is 0.333. The molecule has 0 radical (unpaired) electrons. The van der Waals surface area contributed by atoms with Gasteiger partial charge in [0, 0.05) is 18.8 Å². The molecule has 1 atom stereocenters. The Balaban J connectivity index is 1.81. The Kier molecular flexibility index (Phi) is 6.02. The molecule has 0 aliphatic carbocycles. The molecule has 2 aromatic rings. The summed E-state index contributed by atoms with van der Waals surface area (Å²) in [7, 11) is 0. The number of halogens is 3. The third kappa shape index (κ3) is 4.71. The van der Waals surface area contributed by atoms with Crippen molar-refractivity contribution < 1.29 is 22.8 Å². The summed E-state index contributed by atoms with van der Waals surface area (Å²) < 4.78 is 38.4. The normalized spacial score (nSPS) is 17.2. The molecule has 1 fully saturated rings. The van der Waals surface area contributed by atoms with Gasteiger partial charge >= 0.3 is 12.1 Å². The number of para-hydroxylation sites is 1. The lowest BCUT2D eigenvalue weighted by molar-refractivity contribution is -0.187. The van der Waals surface area contributed by atoms with Crippen molar-refractivity contribution in [3.8, 4) is 0 Å². The van der Waals surface area contributed by atoms with Crippen LogP contribution in [0, 0.1) is 5.92 Å². The number of amides is 2. The second kappa shape index (κ2) is 8.46. The van der Waals surface area contributed by atoms with Gasteiger partial charge in [0.15, 0.2) is 0 Å². The zero-order valence-corrected chi connectivity index (χ0v) is 15.2. The van der Waals surface area contributed by atoms with E-state index in [1.165, 1.54) is 0 Å². The van der Waals surface area contributed by atoms with Crippen LogP contribution in [0.15, 0.2) is 60.7 Å². The van der Waals surface area contributed by atoms with Gasteiger partial charge in [0.25, 0.3) is 0 Å². The molecule has 0 aromatic heterocycles. The molecule has 4 nitrogen and oxygen atoms in total. The molecule has 1 aliphatic rings. The minimum atomic E-state index is -4.92. The van der Waals surface area contributed by atoms with Gasteiger partial charge in [-0.05, 0) is 30.5 Å². The minimum Gasteiger partial charge on any atom is -0.334 e. The number of anilines is 1. The second-order valence-corrected chi connectivity index (χ2v) is 6.83. The van der Waals surface area contributed by atoms with Crippen LogP contribution in [-0.2, 0) is 16.1 Å². The minimum absolute atomic E-state index is 0.0200. The van der Waals surface area contributed by atoms with Crippen LogP contribution in [0.4, 0.5) is 18.9 Å². The first-order valence-corrected chi connectivity index (χ1v) is 9.12. The van der Waals surface area contributed by atoms with Gasteiger partial charge in [-0.2, -0.15) is 13.2 Å². The van der Waals surface area contributed by atoms with Gasteiger partial charge in [-0.3, -0.25) is 9.59 Å². The number of carbonyl (C=O) groups excluding carboxylic acids is 2. The van der Waals surface area contributed by atoms with Crippen molar-refractivity contribution in [1.29, 1.82) is 0 Å². The molecule has 1 aliphatic heterocycles. The molecular weight excluding hydrogens is 369 g/mol. The number of hydrogen-bond acceptors (Lipinski definition) is 2. The number of likely N-dealkylation sites (tertiary alicyclic amines) is 1. The smallest absolute Gasteiger partial charge is 0.334 e. The topological polar surface area (TPSA) is 40.6 Å². The summed E-state index contributed by atoms with van der Waals surface area (Å²) in [5.74, 6) is -2.81. The van der Waals surface area contributed by atoms with Gasteiger partial charge < -0.3 is 9.80 Å². The molecule has 0 N–H and O–H groups in total. The van der Waals surface area contributed by atoms with Gasteiger partial charge in [-0.15, -0.1) is 0 Å². The largest absolute Gasteiger partial charge is 0.471 e. The van der Waals surface area contributed by atoms with Crippen molar-refractivity contribution in [2.24, 2.45) is 5.92 Å². The Morgan fingerprint density at radius 3 is 2.21 bits per heavy atom. The first kappa shape index (κ1) is 19.9. The van der Waals surface area contributed by atoms with E-state index >= 15 is 0 Å². The predicted molar refractivity (Wildman–Crippen MR) is 99.4 cm³/mol. The zero-order chi connectivity index (χ0) is 20.1. The molecule has 1 unspecified atom stereocenters. The van der Waals surface area contributed by atoms with E-state index in [1.54, 1.807) is 29.2 Å². The highest BCUT2D eigenvalue weighted by Crippen LogP contribution is 2.27. The highest BCUT2D eigenvalue weighted by molar-refractivity contribution is 5.95. The molecule has 1 saturated heterocycles. The lowest BCUT2D eigenvalue weighted by Crippen LogP contribution is -2.50. The highest BCUT2D eigenvalue weighted by Gasteiger charge is 2.44. The van der Waals surface area contributed by atoms with Crippen LogP contribution in [0.2, 0.25) is 0 Å². The van der Waals surface area contributed by atoms with E-state index < -0.39 is 18.0 Å². The predicted octanol–water partition coefficient (Wildman–Crippen LogP) is 4.02. The van der Waals surface area contributed by atoms with E-state index in [0.717, 1.165) is 10.5 Å². The maximum atomic E-state index is 13.2. The van der Waals surface area contributed by atoms with Crippen LogP contribution in [-0.4, -0.2) is 36.0 Å². The van der Waals surface area contributed by atoms with Crippen molar-refractivity contribution in [2.75, 3.05) is 18.0 Å². The fourth-order valence-corrected chi connectivity index (χ4v) is 3.43. The summed E-state index contributed by atoms with van der Waals surface area (Å²) in [4.78, 5) is 27.2. The molecule has 28 heavy (non-hydrogen) atoms. The summed E-state index contributed by atoms with van der Waals surface area (Å²) >= 11 is 0. The van der Waals surface area contributed by atoms with Gasteiger partial charge in [0.2, 0.25) is 5.91 Å². The number of nitrogens with zero attached hydrogens (tertiary/aromatic N) is 2. The highest BCUT2D eigenvalue weighted by atomic mass is 19.4. The monoisotopic (exact) mass is 390 g/mol. The van der Waals surface area contributed by atoms with Crippen LogP contribution < -0.4 is 4.90 Å². The summed E-state index contributed by atoms with van der Waals surface area (Å²) in [6.07, 6.45) is -4.10. The van der Waals surface area contributed by atoms with Crippen molar-refractivity contribution in [1.82, 2.24) is 4.90 Å². The molecule has 3 rings (SSSR count). The Labute approximate surface area is 161 Å². The van der Waals surface area contributed by atoms with Crippen LogP contribution in [0.5, 0.6) is 0 Å². The number of alkyl halides is 3. The lowest BCUT2D eigenvalue weighted by Gasteiger charge is -2.35. The van der Waals surface area contributed by atoms with Crippen molar-refractivity contribution in [3.05, 3.63) is 66.2 Å². The first-order valence-electron chi connectivity index (χ1n) is 9.12. The first-order chi connectivity index (χ1) is 13.4. The Morgan fingerprint density at radius 2 is 1.61 bits per heavy atom.